The van der Waals surface area contributed by atoms with Crippen LogP contribution in [0.25, 0.3) is 0 Å². The summed E-state index contributed by atoms with van der Waals surface area (Å²) in [6.45, 7) is 3.53. The Hall–Kier alpha value is -1.92. The molecule has 0 saturated heterocycles. The minimum atomic E-state index is -0.382. The average Bonchev–Trinajstić information content (AvgIpc) is 2.37. The van der Waals surface area contributed by atoms with E-state index in [1.807, 2.05) is 0 Å². The predicted octanol–water partition coefficient (Wildman–Crippen LogP) is 2.92. The predicted molar refractivity (Wildman–Crippen MR) is 74.0 cm³/mol. The first-order valence-electron chi connectivity index (χ1n) is 5.55. The zero-order chi connectivity index (χ0) is 14.0. The Labute approximate surface area is 115 Å². The minimum Gasteiger partial charge on any atom is -0.339 e. The van der Waals surface area contributed by atoms with Gasteiger partial charge < -0.3 is 10.7 Å². The van der Waals surface area contributed by atoms with Crippen molar-refractivity contribution in [3.05, 3.63) is 40.4 Å². The van der Waals surface area contributed by atoms with Crippen molar-refractivity contribution in [3.63, 3.8) is 0 Å². The van der Waals surface area contributed by atoms with E-state index in [2.05, 4.69) is 20.7 Å². The van der Waals surface area contributed by atoms with E-state index in [4.69, 9.17) is 17.4 Å². The second kappa shape index (κ2) is 5.38. The molecule has 2 aromatic rings. The third-order valence-electron chi connectivity index (χ3n) is 2.58. The van der Waals surface area contributed by atoms with Crippen LogP contribution in [0.5, 0.6) is 0 Å². The van der Waals surface area contributed by atoms with Crippen molar-refractivity contribution in [2.75, 3.05) is 10.7 Å². The number of hydrogen-bond acceptors (Lipinski definition) is 5. The van der Waals surface area contributed by atoms with Gasteiger partial charge in [0, 0.05) is 5.56 Å². The lowest BCUT2D eigenvalue weighted by atomic mass is 10.2. The molecule has 0 radical (unpaired) electrons. The van der Waals surface area contributed by atoms with Crippen LogP contribution >= 0.6 is 11.6 Å². The summed E-state index contributed by atoms with van der Waals surface area (Å²) in [4.78, 5) is 8.39. The van der Waals surface area contributed by atoms with E-state index >= 15 is 0 Å². The summed E-state index contributed by atoms with van der Waals surface area (Å²) in [6, 6.07) is 4.07. The molecule has 1 aromatic carbocycles. The maximum atomic E-state index is 13.2. The molecule has 0 aliphatic carbocycles. The van der Waals surface area contributed by atoms with E-state index in [1.54, 1.807) is 13.8 Å². The number of nitrogens with two attached hydrogens (primary N) is 1. The number of rotatable bonds is 3. The van der Waals surface area contributed by atoms with E-state index < -0.39 is 0 Å². The summed E-state index contributed by atoms with van der Waals surface area (Å²) in [6.07, 6.45) is 0. The van der Waals surface area contributed by atoms with Gasteiger partial charge in [0.25, 0.3) is 0 Å². The van der Waals surface area contributed by atoms with E-state index in [0.717, 1.165) is 0 Å². The second-order valence-corrected chi connectivity index (χ2v) is 4.39. The standard InChI is InChI=1S/C12H13ClFN5/c1-6-11(16-7(2)17-12(6)19-15)18-10-5-8(14)3-4-9(10)13/h3-5H,15H2,1-2H3,(H2,16,17,18,19). The Morgan fingerprint density at radius 1 is 1.21 bits per heavy atom. The number of nitrogens with zero attached hydrogens (tertiary/aromatic N) is 2. The number of hydrazine groups is 1. The minimum absolute atomic E-state index is 0.382. The van der Waals surface area contributed by atoms with Crippen LogP contribution in [-0.4, -0.2) is 9.97 Å². The summed E-state index contributed by atoms with van der Waals surface area (Å²) in [5.41, 5.74) is 3.64. The van der Waals surface area contributed by atoms with Crippen LogP contribution in [0.3, 0.4) is 0 Å². The van der Waals surface area contributed by atoms with Gasteiger partial charge in [-0.15, -0.1) is 0 Å². The average molecular weight is 282 g/mol. The first-order chi connectivity index (χ1) is 9.01. The number of halogens is 2. The van der Waals surface area contributed by atoms with E-state index in [1.165, 1.54) is 18.2 Å². The molecule has 4 N–H and O–H groups in total. The Morgan fingerprint density at radius 2 is 1.89 bits per heavy atom. The van der Waals surface area contributed by atoms with E-state index in [-0.39, 0.29) is 5.82 Å². The molecule has 0 amide bonds. The molecule has 0 atom stereocenters. The number of anilines is 3. The van der Waals surface area contributed by atoms with Crippen LogP contribution < -0.4 is 16.6 Å². The zero-order valence-corrected chi connectivity index (χ0v) is 11.2. The summed E-state index contributed by atoms with van der Waals surface area (Å²) in [7, 11) is 0. The van der Waals surface area contributed by atoms with Crippen LogP contribution in [-0.2, 0) is 0 Å². The summed E-state index contributed by atoms with van der Waals surface area (Å²) < 4.78 is 13.2. The summed E-state index contributed by atoms with van der Waals surface area (Å²) in [5.74, 6) is 6.56. The Balaban J connectivity index is 2.43. The van der Waals surface area contributed by atoms with Gasteiger partial charge in [-0.05, 0) is 32.0 Å². The largest absolute Gasteiger partial charge is 0.339 e. The lowest BCUT2D eigenvalue weighted by Crippen LogP contribution is -2.13. The molecule has 0 aliphatic heterocycles. The quantitative estimate of drug-likeness (QED) is 0.596. The van der Waals surface area contributed by atoms with Gasteiger partial charge in [0.1, 0.15) is 23.3 Å². The van der Waals surface area contributed by atoms with Gasteiger partial charge in [-0.3, -0.25) is 0 Å². The smallest absolute Gasteiger partial charge is 0.148 e. The third kappa shape index (κ3) is 2.91. The first kappa shape index (κ1) is 13.5. The molecule has 100 valence electrons. The van der Waals surface area contributed by atoms with Gasteiger partial charge >= 0.3 is 0 Å². The van der Waals surface area contributed by atoms with Gasteiger partial charge in [-0.1, -0.05) is 11.6 Å². The normalized spacial score (nSPS) is 10.4. The highest BCUT2D eigenvalue weighted by Gasteiger charge is 2.10. The van der Waals surface area contributed by atoms with Crippen molar-refractivity contribution in [1.82, 2.24) is 9.97 Å². The molecular weight excluding hydrogens is 269 g/mol. The van der Waals surface area contributed by atoms with Gasteiger partial charge in [0.2, 0.25) is 0 Å². The Morgan fingerprint density at radius 3 is 2.58 bits per heavy atom. The van der Waals surface area contributed by atoms with Crippen LogP contribution in [0.1, 0.15) is 11.4 Å². The van der Waals surface area contributed by atoms with Gasteiger partial charge in [-0.2, -0.15) is 0 Å². The highest BCUT2D eigenvalue weighted by atomic mass is 35.5. The van der Waals surface area contributed by atoms with Crippen LogP contribution in [0, 0.1) is 19.7 Å². The summed E-state index contributed by atoms with van der Waals surface area (Å²) in [5, 5.41) is 3.38. The number of benzene rings is 1. The lowest BCUT2D eigenvalue weighted by Gasteiger charge is -2.13. The molecule has 0 fully saturated rings. The molecule has 5 nitrogen and oxygen atoms in total. The molecule has 1 aromatic heterocycles. The fraction of sp³-hybridized carbons (Fsp3) is 0.167. The molecular formula is C12H13ClFN5. The fourth-order valence-corrected chi connectivity index (χ4v) is 1.78. The third-order valence-corrected chi connectivity index (χ3v) is 2.91. The molecule has 19 heavy (non-hydrogen) atoms. The number of aromatic nitrogens is 2. The molecule has 0 aliphatic rings. The van der Waals surface area contributed by atoms with E-state index in [9.17, 15) is 4.39 Å². The number of aryl methyl sites for hydroxylation is 1. The van der Waals surface area contributed by atoms with Crippen molar-refractivity contribution >= 4 is 28.9 Å². The van der Waals surface area contributed by atoms with Crippen LogP contribution in [0.4, 0.5) is 21.7 Å². The second-order valence-electron chi connectivity index (χ2n) is 3.99. The van der Waals surface area contributed by atoms with Crippen LogP contribution in [0.15, 0.2) is 18.2 Å². The van der Waals surface area contributed by atoms with Crippen molar-refractivity contribution in [1.29, 1.82) is 0 Å². The van der Waals surface area contributed by atoms with Crippen molar-refractivity contribution in [2.45, 2.75) is 13.8 Å². The maximum absolute atomic E-state index is 13.2. The highest BCUT2D eigenvalue weighted by molar-refractivity contribution is 6.33. The molecule has 2 rings (SSSR count). The monoisotopic (exact) mass is 281 g/mol. The van der Waals surface area contributed by atoms with Crippen molar-refractivity contribution < 1.29 is 4.39 Å². The maximum Gasteiger partial charge on any atom is 0.148 e. The lowest BCUT2D eigenvalue weighted by molar-refractivity contribution is 0.628. The molecule has 1 heterocycles. The first-order valence-corrected chi connectivity index (χ1v) is 5.93. The van der Waals surface area contributed by atoms with E-state index in [0.29, 0.717) is 33.7 Å². The topological polar surface area (TPSA) is 75.9 Å². The molecule has 0 unspecified atom stereocenters. The Kier molecular flexibility index (Phi) is 3.82. The van der Waals surface area contributed by atoms with Crippen molar-refractivity contribution in [3.8, 4) is 0 Å². The van der Waals surface area contributed by atoms with Gasteiger partial charge in [0.15, 0.2) is 0 Å². The fourth-order valence-electron chi connectivity index (χ4n) is 1.61. The SMILES string of the molecule is Cc1nc(NN)c(C)c(Nc2cc(F)ccc2Cl)n1. The number of nitrogen functional groups attached to an aromatic ring is 1. The van der Waals surface area contributed by atoms with Crippen molar-refractivity contribution in [2.24, 2.45) is 5.84 Å². The molecule has 0 bridgehead atoms. The van der Waals surface area contributed by atoms with Crippen LogP contribution in [0.2, 0.25) is 5.02 Å². The Bertz CT molecular complexity index is 617. The molecule has 0 spiro atoms. The summed E-state index contributed by atoms with van der Waals surface area (Å²) >= 11 is 6.00. The number of nitrogens with one attached hydrogen (secondary N) is 2. The van der Waals surface area contributed by atoms with Gasteiger partial charge in [0.05, 0.1) is 10.7 Å². The van der Waals surface area contributed by atoms with Gasteiger partial charge in [-0.25, -0.2) is 20.2 Å². The molecule has 7 heteroatoms. The number of hydrogen-bond donors (Lipinski definition) is 3. The highest BCUT2D eigenvalue weighted by Crippen LogP contribution is 2.28. The zero-order valence-electron chi connectivity index (χ0n) is 10.5. The molecule has 0 saturated carbocycles.